The molecule has 0 bridgehead atoms. The van der Waals surface area contributed by atoms with Crippen molar-refractivity contribution < 1.29 is 23.1 Å². The van der Waals surface area contributed by atoms with E-state index in [1.165, 1.54) is 24.7 Å². The standard InChI is InChI=1S/C13H11F2NO3/c14-9-2-1-3-10(15)12(9)11(17)6-16-13(18)8-4-5-19-7-8/h1-5,7,11,17H,6H2,(H,16,18). The van der Waals surface area contributed by atoms with Gasteiger partial charge in [-0.3, -0.25) is 4.79 Å². The van der Waals surface area contributed by atoms with Crippen LogP contribution in [0.2, 0.25) is 0 Å². The van der Waals surface area contributed by atoms with Gasteiger partial charge in [-0.15, -0.1) is 0 Å². The van der Waals surface area contributed by atoms with Gasteiger partial charge in [-0.25, -0.2) is 8.78 Å². The Hall–Kier alpha value is -2.21. The molecule has 0 fully saturated rings. The normalized spacial score (nSPS) is 12.2. The number of hydrogen-bond acceptors (Lipinski definition) is 3. The molecular weight excluding hydrogens is 256 g/mol. The molecule has 1 aromatic carbocycles. The Kier molecular flexibility index (Phi) is 3.91. The lowest BCUT2D eigenvalue weighted by Crippen LogP contribution is -2.28. The van der Waals surface area contributed by atoms with E-state index in [1.807, 2.05) is 0 Å². The number of carbonyl (C=O) groups is 1. The number of hydrogen-bond donors (Lipinski definition) is 2. The molecule has 6 heteroatoms. The molecule has 100 valence electrons. The lowest BCUT2D eigenvalue weighted by molar-refractivity contribution is 0.0911. The van der Waals surface area contributed by atoms with Crippen molar-refractivity contribution in [2.45, 2.75) is 6.10 Å². The van der Waals surface area contributed by atoms with Gasteiger partial charge in [-0.2, -0.15) is 0 Å². The maximum atomic E-state index is 13.4. The van der Waals surface area contributed by atoms with E-state index in [0.29, 0.717) is 0 Å². The smallest absolute Gasteiger partial charge is 0.254 e. The van der Waals surface area contributed by atoms with Crippen LogP contribution in [0.25, 0.3) is 0 Å². The van der Waals surface area contributed by atoms with Gasteiger partial charge < -0.3 is 14.8 Å². The summed E-state index contributed by atoms with van der Waals surface area (Å²) in [5.74, 6) is -2.21. The number of nitrogens with one attached hydrogen (secondary N) is 1. The topological polar surface area (TPSA) is 62.5 Å². The van der Waals surface area contributed by atoms with Gasteiger partial charge in [-0.05, 0) is 18.2 Å². The summed E-state index contributed by atoms with van der Waals surface area (Å²) in [6.45, 7) is -0.304. The third-order valence-electron chi connectivity index (χ3n) is 2.57. The van der Waals surface area contributed by atoms with Gasteiger partial charge in [0.15, 0.2) is 0 Å². The highest BCUT2D eigenvalue weighted by atomic mass is 19.1. The average molecular weight is 267 g/mol. The van der Waals surface area contributed by atoms with Crippen molar-refractivity contribution in [1.29, 1.82) is 0 Å². The number of benzene rings is 1. The minimum atomic E-state index is -1.46. The van der Waals surface area contributed by atoms with Crippen molar-refractivity contribution in [2.75, 3.05) is 6.54 Å². The zero-order valence-corrected chi connectivity index (χ0v) is 9.77. The molecule has 0 radical (unpaired) electrons. The minimum Gasteiger partial charge on any atom is -0.472 e. The second kappa shape index (κ2) is 5.62. The number of rotatable bonds is 4. The summed E-state index contributed by atoms with van der Waals surface area (Å²) in [7, 11) is 0. The quantitative estimate of drug-likeness (QED) is 0.890. The highest BCUT2D eigenvalue weighted by Gasteiger charge is 2.18. The molecule has 1 atom stereocenters. The fourth-order valence-corrected chi connectivity index (χ4v) is 1.62. The number of halogens is 2. The highest BCUT2D eigenvalue weighted by Crippen LogP contribution is 2.20. The molecule has 2 N–H and O–H groups in total. The Morgan fingerprint density at radius 1 is 1.32 bits per heavy atom. The molecule has 0 spiro atoms. The average Bonchev–Trinajstić information content (AvgIpc) is 2.89. The van der Waals surface area contributed by atoms with Crippen LogP contribution in [0, 0.1) is 11.6 Å². The van der Waals surface area contributed by atoms with Gasteiger partial charge in [0.05, 0.1) is 17.4 Å². The maximum Gasteiger partial charge on any atom is 0.254 e. The molecule has 0 aliphatic rings. The van der Waals surface area contributed by atoms with Crippen molar-refractivity contribution >= 4 is 5.91 Å². The van der Waals surface area contributed by atoms with Crippen LogP contribution < -0.4 is 5.32 Å². The Morgan fingerprint density at radius 2 is 2.00 bits per heavy atom. The van der Waals surface area contributed by atoms with E-state index in [0.717, 1.165) is 12.1 Å². The van der Waals surface area contributed by atoms with Crippen molar-refractivity contribution in [3.63, 3.8) is 0 Å². The number of carbonyl (C=O) groups excluding carboxylic acids is 1. The number of aliphatic hydroxyl groups excluding tert-OH is 1. The van der Waals surface area contributed by atoms with Gasteiger partial charge in [0.1, 0.15) is 24.0 Å². The molecule has 1 heterocycles. The van der Waals surface area contributed by atoms with E-state index in [2.05, 4.69) is 5.32 Å². The molecule has 1 aromatic heterocycles. The van der Waals surface area contributed by atoms with Crippen molar-refractivity contribution in [2.24, 2.45) is 0 Å². The predicted octanol–water partition coefficient (Wildman–Crippen LogP) is 2.02. The lowest BCUT2D eigenvalue weighted by Gasteiger charge is -2.13. The van der Waals surface area contributed by atoms with E-state index >= 15 is 0 Å². The molecule has 0 aliphatic heterocycles. The zero-order chi connectivity index (χ0) is 13.8. The van der Waals surface area contributed by atoms with E-state index in [1.54, 1.807) is 0 Å². The third-order valence-corrected chi connectivity index (χ3v) is 2.57. The summed E-state index contributed by atoms with van der Waals surface area (Å²) < 4.78 is 31.5. The molecule has 2 aromatic rings. The fourth-order valence-electron chi connectivity index (χ4n) is 1.62. The Morgan fingerprint density at radius 3 is 2.58 bits per heavy atom. The predicted molar refractivity (Wildman–Crippen MR) is 62.4 cm³/mol. The Bertz CT molecular complexity index is 549. The third kappa shape index (κ3) is 2.97. The first-order chi connectivity index (χ1) is 9.09. The largest absolute Gasteiger partial charge is 0.472 e. The first-order valence-electron chi connectivity index (χ1n) is 5.52. The van der Waals surface area contributed by atoms with Gasteiger partial charge in [-0.1, -0.05) is 6.07 Å². The summed E-state index contributed by atoms with van der Waals surface area (Å²) >= 11 is 0. The fraction of sp³-hybridized carbons (Fsp3) is 0.154. The Labute approximate surface area is 107 Å². The van der Waals surface area contributed by atoms with E-state index < -0.39 is 29.2 Å². The van der Waals surface area contributed by atoms with Crippen LogP contribution >= 0.6 is 0 Å². The second-order valence-electron chi connectivity index (χ2n) is 3.87. The SMILES string of the molecule is O=C(NCC(O)c1c(F)cccc1F)c1ccoc1. The van der Waals surface area contributed by atoms with Crippen LogP contribution in [0.4, 0.5) is 8.78 Å². The monoisotopic (exact) mass is 267 g/mol. The molecule has 0 aliphatic carbocycles. The molecule has 0 saturated heterocycles. The molecule has 2 rings (SSSR count). The summed E-state index contributed by atoms with van der Waals surface area (Å²) in [5, 5.41) is 12.1. The van der Waals surface area contributed by atoms with Crippen LogP contribution in [0.15, 0.2) is 41.2 Å². The zero-order valence-electron chi connectivity index (χ0n) is 9.77. The van der Waals surface area contributed by atoms with E-state index in [-0.39, 0.29) is 12.1 Å². The summed E-state index contributed by atoms with van der Waals surface area (Å²) in [5.41, 5.74) is -0.198. The van der Waals surface area contributed by atoms with E-state index in [9.17, 15) is 18.7 Å². The van der Waals surface area contributed by atoms with Crippen LogP contribution in [0.3, 0.4) is 0 Å². The van der Waals surface area contributed by atoms with Crippen LogP contribution in [-0.2, 0) is 0 Å². The molecule has 4 nitrogen and oxygen atoms in total. The number of amides is 1. The lowest BCUT2D eigenvalue weighted by atomic mass is 10.1. The molecule has 19 heavy (non-hydrogen) atoms. The molecule has 0 saturated carbocycles. The minimum absolute atomic E-state index is 0.265. The summed E-state index contributed by atoms with van der Waals surface area (Å²) in [6, 6.07) is 4.72. The molecular formula is C13H11F2NO3. The molecule has 1 unspecified atom stereocenters. The summed E-state index contributed by atoms with van der Waals surface area (Å²) in [4.78, 5) is 11.5. The Balaban J connectivity index is 2.02. The van der Waals surface area contributed by atoms with Crippen molar-refractivity contribution in [3.05, 3.63) is 59.6 Å². The highest BCUT2D eigenvalue weighted by molar-refractivity contribution is 5.93. The molecule has 1 amide bonds. The van der Waals surface area contributed by atoms with Gasteiger partial charge >= 0.3 is 0 Å². The first kappa shape index (κ1) is 13.2. The number of aliphatic hydroxyl groups is 1. The second-order valence-corrected chi connectivity index (χ2v) is 3.87. The van der Waals surface area contributed by atoms with Gasteiger partial charge in [0.25, 0.3) is 5.91 Å². The van der Waals surface area contributed by atoms with Crippen LogP contribution in [0.1, 0.15) is 22.0 Å². The first-order valence-corrected chi connectivity index (χ1v) is 5.52. The van der Waals surface area contributed by atoms with E-state index in [4.69, 9.17) is 4.42 Å². The number of furan rings is 1. The van der Waals surface area contributed by atoms with Crippen molar-refractivity contribution in [1.82, 2.24) is 5.32 Å². The van der Waals surface area contributed by atoms with Gasteiger partial charge in [0.2, 0.25) is 0 Å². The maximum absolute atomic E-state index is 13.4. The van der Waals surface area contributed by atoms with Crippen molar-refractivity contribution in [3.8, 4) is 0 Å². The summed E-state index contributed by atoms with van der Waals surface area (Å²) in [6.07, 6.45) is 1.09. The van der Waals surface area contributed by atoms with Crippen LogP contribution in [-0.4, -0.2) is 17.6 Å². The van der Waals surface area contributed by atoms with Crippen LogP contribution in [0.5, 0.6) is 0 Å². The van der Waals surface area contributed by atoms with Gasteiger partial charge in [0, 0.05) is 6.54 Å².